The van der Waals surface area contributed by atoms with Gasteiger partial charge >= 0.3 is 0 Å². The van der Waals surface area contributed by atoms with Crippen molar-refractivity contribution in [1.82, 2.24) is 0 Å². The summed E-state index contributed by atoms with van der Waals surface area (Å²) in [7, 11) is 1.54. The smallest absolute Gasteiger partial charge is 0.265 e. The van der Waals surface area contributed by atoms with Gasteiger partial charge in [0.1, 0.15) is 5.75 Å². The standard InChI is InChI=1S/C21H24N2O5/c1-4-5-10-27-18-8-6-14(11-19(18)26-3)21(25)22-15-7-9-17-16(12-15)23-20(24)13(2)28-17/h6-9,11-13H,4-5,10H2,1-3H3,(H,22,25)(H,23,24)/t13-/m0/s1. The van der Waals surface area contributed by atoms with E-state index < -0.39 is 6.10 Å². The molecule has 0 spiro atoms. The topological polar surface area (TPSA) is 85.9 Å². The van der Waals surface area contributed by atoms with Gasteiger partial charge in [-0.25, -0.2) is 0 Å². The summed E-state index contributed by atoms with van der Waals surface area (Å²) in [6.45, 7) is 4.36. The van der Waals surface area contributed by atoms with Crippen molar-refractivity contribution in [1.29, 1.82) is 0 Å². The van der Waals surface area contributed by atoms with Crippen molar-refractivity contribution in [3.05, 3.63) is 42.0 Å². The van der Waals surface area contributed by atoms with Crippen LogP contribution in [0.25, 0.3) is 0 Å². The molecule has 2 aromatic carbocycles. The van der Waals surface area contributed by atoms with Crippen LogP contribution in [0.1, 0.15) is 37.0 Å². The van der Waals surface area contributed by atoms with Crippen LogP contribution in [0.2, 0.25) is 0 Å². The van der Waals surface area contributed by atoms with Gasteiger partial charge in [0, 0.05) is 11.3 Å². The average Bonchev–Trinajstić information content (AvgIpc) is 2.69. The zero-order valence-corrected chi connectivity index (χ0v) is 16.2. The summed E-state index contributed by atoms with van der Waals surface area (Å²) in [4.78, 5) is 24.4. The molecule has 0 saturated carbocycles. The summed E-state index contributed by atoms with van der Waals surface area (Å²) in [5, 5.41) is 5.58. The Labute approximate surface area is 164 Å². The number of unbranched alkanes of at least 4 members (excludes halogenated alkanes) is 1. The number of anilines is 2. The van der Waals surface area contributed by atoms with Gasteiger partial charge in [-0.1, -0.05) is 13.3 Å². The number of ether oxygens (including phenoxy) is 3. The van der Waals surface area contributed by atoms with Crippen LogP contribution in [-0.4, -0.2) is 31.6 Å². The molecule has 7 heteroatoms. The van der Waals surface area contributed by atoms with E-state index in [1.54, 1.807) is 43.3 Å². The number of fused-ring (bicyclic) bond motifs is 1. The lowest BCUT2D eigenvalue weighted by Crippen LogP contribution is -2.34. The molecule has 2 aromatic rings. The number of hydrogen-bond donors (Lipinski definition) is 2. The predicted octanol–water partition coefficient (Wildman–Crippen LogP) is 3.85. The second-order valence-corrected chi connectivity index (χ2v) is 6.48. The molecule has 2 amide bonds. The number of carbonyl (C=O) groups is 2. The van der Waals surface area contributed by atoms with Crippen LogP contribution >= 0.6 is 0 Å². The highest BCUT2D eigenvalue weighted by Crippen LogP contribution is 2.33. The minimum absolute atomic E-state index is 0.223. The zero-order chi connectivity index (χ0) is 20.1. The van der Waals surface area contributed by atoms with Crippen LogP contribution in [0.4, 0.5) is 11.4 Å². The van der Waals surface area contributed by atoms with Crippen LogP contribution in [0.3, 0.4) is 0 Å². The molecule has 0 radical (unpaired) electrons. The molecule has 0 saturated heterocycles. The van der Waals surface area contributed by atoms with Crippen molar-refractivity contribution in [3.63, 3.8) is 0 Å². The highest BCUT2D eigenvalue weighted by molar-refractivity contribution is 6.05. The molecule has 1 heterocycles. The third-order valence-corrected chi connectivity index (χ3v) is 4.35. The Kier molecular flexibility index (Phi) is 6.03. The molecule has 1 aliphatic rings. The van der Waals surface area contributed by atoms with Gasteiger partial charge < -0.3 is 24.8 Å². The summed E-state index contributed by atoms with van der Waals surface area (Å²) >= 11 is 0. The number of benzene rings is 2. The van der Waals surface area contributed by atoms with E-state index in [-0.39, 0.29) is 11.8 Å². The van der Waals surface area contributed by atoms with Crippen LogP contribution in [0.5, 0.6) is 17.2 Å². The van der Waals surface area contributed by atoms with E-state index in [4.69, 9.17) is 14.2 Å². The van der Waals surface area contributed by atoms with Gasteiger partial charge in [-0.2, -0.15) is 0 Å². The molecule has 0 unspecified atom stereocenters. The van der Waals surface area contributed by atoms with Crippen molar-refractivity contribution < 1.29 is 23.8 Å². The summed E-state index contributed by atoms with van der Waals surface area (Å²) in [5.74, 6) is 1.16. The Hall–Kier alpha value is -3.22. The van der Waals surface area contributed by atoms with Gasteiger partial charge in [-0.15, -0.1) is 0 Å². The fourth-order valence-corrected chi connectivity index (χ4v) is 2.74. The third-order valence-electron chi connectivity index (χ3n) is 4.35. The van der Waals surface area contributed by atoms with Crippen molar-refractivity contribution in [2.45, 2.75) is 32.8 Å². The van der Waals surface area contributed by atoms with Gasteiger partial charge in [0.25, 0.3) is 11.8 Å². The predicted molar refractivity (Wildman–Crippen MR) is 107 cm³/mol. The highest BCUT2D eigenvalue weighted by atomic mass is 16.5. The van der Waals surface area contributed by atoms with Gasteiger partial charge in [-0.05, 0) is 49.7 Å². The lowest BCUT2D eigenvalue weighted by Gasteiger charge is -2.23. The number of nitrogens with one attached hydrogen (secondary N) is 2. The Bertz CT molecular complexity index is 881. The second-order valence-electron chi connectivity index (χ2n) is 6.48. The van der Waals surface area contributed by atoms with Gasteiger partial charge in [0.15, 0.2) is 17.6 Å². The summed E-state index contributed by atoms with van der Waals surface area (Å²) in [5.41, 5.74) is 1.51. The minimum atomic E-state index is -0.543. The normalized spacial score (nSPS) is 15.1. The monoisotopic (exact) mass is 384 g/mol. The van der Waals surface area contributed by atoms with E-state index in [1.807, 2.05) is 0 Å². The van der Waals surface area contributed by atoms with Crippen molar-refractivity contribution in [3.8, 4) is 17.2 Å². The molecule has 3 rings (SSSR count). The highest BCUT2D eigenvalue weighted by Gasteiger charge is 2.23. The number of rotatable bonds is 7. The quantitative estimate of drug-likeness (QED) is 0.708. The number of methoxy groups -OCH3 is 1. The first-order valence-corrected chi connectivity index (χ1v) is 9.25. The summed E-state index contributed by atoms with van der Waals surface area (Å²) in [6, 6.07) is 10.2. The first-order chi connectivity index (χ1) is 13.5. The maximum atomic E-state index is 12.6. The number of carbonyl (C=O) groups excluding carboxylic acids is 2. The van der Waals surface area contributed by atoms with Crippen LogP contribution in [0.15, 0.2) is 36.4 Å². The van der Waals surface area contributed by atoms with Crippen molar-refractivity contribution in [2.24, 2.45) is 0 Å². The molecule has 148 valence electrons. The SMILES string of the molecule is CCCCOc1ccc(C(=O)Nc2ccc3c(c2)NC(=O)[C@H](C)O3)cc1OC. The average molecular weight is 384 g/mol. The molecule has 1 aliphatic heterocycles. The Morgan fingerprint density at radius 3 is 2.79 bits per heavy atom. The van der Waals surface area contributed by atoms with Gasteiger partial charge in [-0.3, -0.25) is 9.59 Å². The molecule has 7 nitrogen and oxygen atoms in total. The van der Waals surface area contributed by atoms with E-state index in [9.17, 15) is 9.59 Å². The Morgan fingerprint density at radius 2 is 2.04 bits per heavy atom. The van der Waals surface area contributed by atoms with E-state index in [0.717, 1.165) is 12.8 Å². The number of amides is 2. The van der Waals surface area contributed by atoms with Crippen LogP contribution < -0.4 is 24.8 Å². The zero-order valence-electron chi connectivity index (χ0n) is 16.2. The Morgan fingerprint density at radius 1 is 1.21 bits per heavy atom. The molecular formula is C21H24N2O5. The fourth-order valence-electron chi connectivity index (χ4n) is 2.74. The second kappa shape index (κ2) is 8.65. The molecule has 0 aromatic heterocycles. The first-order valence-electron chi connectivity index (χ1n) is 9.25. The fraction of sp³-hybridized carbons (Fsp3) is 0.333. The summed E-state index contributed by atoms with van der Waals surface area (Å²) < 4.78 is 16.6. The van der Waals surface area contributed by atoms with Crippen LogP contribution in [-0.2, 0) is 4.79 Å². The Balaban J connectivity index is 1.72. The molecule has 0 fully saturated rings. The maximum absolute atomic E-state index is 12.6. The molecule has 28 heavy (non-hydrogen) atoms. The minimum Gasteiger partial charge on any atom is -0.493 e. The molecule has 1 atom stereocenters. The van der Waals surface area contributed by atoms with E-state index in [0.29, 0.717) is 40.8 Å². The van der Waals surface area contributed by atoms with Crippen molar-refractivity contribution in [2.75, 3.05) is 24.4 Å². The lowest BCUT2D eigenvalue weighted by molar-refractivity contribution is -0.122. The lowest BCUT2D eigenvalue weighted by atomic mass is 10.1. The van der Waals surface area contributed by atoms with E-state index in [2.05, 4.69) is 17.6 Å². The van der Waals surface area contributed by atoms with Crippen LogP contribution in [0, 0.1) is 0 Å². The van der Waals surface area contributed by atoms with Crippen molar-refractivity contribution >= 4 is 23.2 Å². The molecule has 0 aliphatic carbocycles. The molecule has 2 N–H and O–H groups in total. The molecule has 0 bridgehead atoms. The van der Waals surface area contributed by atoms with Gasteiger partial charge in [0.2, 0.25) is 0 Å². The number of hydrogen-bond acceptors (Lipinski definition) is 5. The van der Waals surface area contributed by atoms with Gasteiger partial charge in [0.05, 0.1) is 19.4 Å². The third kappa shape index (κ3) is 4.36. The maximum Gasteiger partial charge on any atom is 0.265 e. The summed E-state index contributed by atoms with van der Waals surface area (Å²) in [6.07, 6.45) is 1.44. The first kappa shape index (κ1) is 19.5. The molecular weight excluding hydrogens is 360 g/mol. The van der Waals surface area contributed by atoms with E-state index in [1.165, 1.54) is 7.11 Å². The van der Waals surface area contributed by atoms with E-state index >= 15 is 0 Å². The largest absolute Gasteiger partial charge is 0.493 e.